The van der Waals surface area contributed by atoms with E-state index < -0.39 is 23.7 Å². The number of esters is 1. The molecule has 0 saturated heterocycles. The van der Waals surface area contributed by atoms with Crippen molar-refractivity contribution in [2.75, 3.05) is 14.2 Å². The molecule has 0 aliphatic carbocycles. The van der Waals surface area contributed by atoms with Crippen LogP contribution in [0, 0.1) is 5.41 Å². The first-order chi connectivity index (χ1) is 6.04. The fraction of sp³-hybridized carbons (Fsp3) is 0.429. The predicted octanol–water partition coefficient (Wildman–Crippen LogP) is -0.479. The zero-order valence-corrected chi connectivity index (χ0v) is 7.30. The van der Waals surface area contributed by atoms with E-state index in [4.69, 9.17) is 5.41 Å². The second-order valence-corrected chi connectivity index (χ2v) is 2.12. The van der Waals surface area contributed by atoms with Gasteiger partial charge in [-0.25, -0.2) is 13.6 Å². The largest absolute Gasteiger partial charge is 0.465 e. The van der Waals surface area contributed by atoms with Gasteiger partial charge in [0.25, 0.3) is 6.43 Å². The molecule has 0 rings (SSSR count). The van der Waals surface area contributed by atoms with E-state index in [9.17, 15) is 13.6 Å². The van der Waals surface area contributed by atoms with Gasteiger partial charge in [-0.2, -0.15) is 0 Å². The van der Waals surface area contributed by atoms with Crippen molar-refractivity contribution in [1.29, 1.82) is 5.41 Å². The number of carbonyl (C=O) groups is 1. The molecule has 3 N–H and O–H groups in total. The van der Waals surface area contributed by atoms with E-state index in [1.54, 1.807) is 7.05 Å². The van der Waals surface area contributed by atoms with Crippen molar-refractivity contribution in [1.82, 2.24) is 0 Å². The third-order valence-electron chi connectivity index (χ3n) is 1.25. The summed E-state index contributed by atoms with van der Waals surface area (Å²) in [4.78, 5) is 10.9. The molecule has 0 heterocycles. The number of hydrogen-bond donors (Lipinski definition) is 2. The molecular weight excluding hydrogens is 182 g/mol. The third-order valence-corrected chi connectivity index (χ3v) is 1.25. The number of quaternary nitrogens is 1. The van der Waals surface area contributed by atoms with Gasteiger partial charge in [0.05, 0.1) is 14.2 Å². The Morgan fingerprint density at radius 3 is 2.46 bits per heavy atom. The molecule has 0 aromatic heterocycles. The molecule has 6 heteroatoms. The van der Waals surface area contributed by atoms with Crippen LogP contribution in [0.5, 0.6) is 0 Å². The smallest absolute Gasteiger partial charge is 0.345 e. The van der Waals surface area contributed by atoms with E-state index in [1.807, 2.05) is 0 Å². The van der Waals surface area contributed by atoms with Crippen LogP contribution in [0.15, 0.2) is 11.8 Å². The van der Waals surface area contributed by atoms with Crippen LogP contribution in [0.4, 0.5) is 8.78 Å². The van der Waals surface area contributed by atoms with Gasteiger partial charge in [-0.3, -0.25) is 5.41 Å². The molecule has 74 valence electrons. The van der Waals surface area contributed by atoms with Crippen molar-refractivity contribution < 1.29 is 23.6 Å². The van der Waals surface area contributed by atoms with Crippen LogP contribution < -0.4 is 5.32 Å². The Bertz CT molecular complexity index is 239. The summed E-state index contributed by atoms with van der Waals surface area (Å²) in [5.74, 6) is -0.927. The maximum absolute atomic E-state index is 12.0. The highest BCUT2D eigenvalue weighted by Crippen LogP contribution is 2.05. The number of alkyl halides is 2. The third kappa shape index (κ3) is 3.29. The van der Waals surface area contributed by atoms with E-state index in [0.717, 1.165) is 13.3 Å². The lowest BCUT2D eigenvalue weighted by Crippen LogP contribution is -2.73. The fourth-order valence-corrected chi connectivity index (χ4v) is 0.662. The first kappa shape index (κ1) is 11.7. The van der Waals surface area contributed by atoms with Crippen molar-refractivity contribution >= 4 is 11.7 Å². The van der Waals surface area contributed by atoms with Gasteiger partial charge in [-0.05, 0) is 0 Å². The zero-order valence-electron chi connectivity index (χ0n) is 7.30. The summed E-state index contributed by atoms with van der Waals surface area (Å²) >= 11 is 0. The van der Waals surface area contributed by atoms with Crippen molar-refractivity contribution in [3.63, 3.8) is 0 Å². The van der Waals surface area contributed by atoms with Gasteiger partial charge >= 0.3 is 5.97 Å². The van der Waals surface area contributed by atoms with Gasteiger partial charge in [0.2, 0.25) is 0 Å². The van der Waals surface area contributed by atoms with Crippen LogP contribution in [0.1, 0.15) is 0 Å². The van der Waals surface area contributed by atoms with E-state index in [-0.39, 0.29) is 0 Å². The van der Waals surface area contributed by atoms with E-state index in [2.05, 4.69) is 4.74 Å². The van der Waals surface area contributed by atoms with Gasteiger partial charge in [0.1, 0.15) is 17.5 Å². The molecule has 4 nitrogen and oxygen atoms in total. The Kier molecular flexibility index (Phi) is 4.83. The van der Waals surface area contributed by atoms with Gasteiger partial charge in [-0.1, -0.05) is 0 Å². The highest BCUT2D eigenvalue weighted by Gasteiger charge is 2.23. The maximum Gasteiger partial charge on any atom is 0.345 e. The second-order valence-electron chi connectivity index (χ2n) is 2.12. The molecule has 0 fully saturated rings. The van der Waals surface area contributed by atoms with Crippen molar-refractivity contribution in [2.24, 2.45) is 0 Å². The number of ether oxygens (including phenoxy) is 1. The van der Waals surface area contributed by atoms with Crippen molar-refractivity contribution in [3.05, 3.63) is 11.8 Å². The quantitative estimate of drug-likeness (QED) is 0.360. The Labute approximate surface area is 74.1 Å². The van der Waals surface area contributed by atoms with E-state index >= 15 is 0 Å². The molecule has 0 bridgehead atoms. The van der Waals surface area contributed by atoms with Crippen molar-refractivity contribution in [2.45, 2.75) is 6.43 Å². The SMILES string of the molecule is C[NH2+]/C=C(\C(=N)C(F)F)C(=O)OC. The predicted molar refractivity (Wildman–Crippen MR) is 41.7 cm³/mol. The molecule has 0 spiro atoms. The van der Waals surface area contributed by atoms with Crippen molar-refractivity contribution in [3.8, 4) is 0 Å². The highest BCUT2D eigenvalue weighted by atomic mass is 19.3. The van der Waals surface area contributed by atoms with E-state index in [0.29, 0.717) is 0 Å². The molecule has 0 atom stereocenters. The highest BCUT2D eigenvalue weighted by molar-refractivity contribution is 6.19. The fourth-order valence-electron chi connectivity index (χ4n) is 0.662. The Balaban J connectivity index is 4.72. The standard InChI is InChI=1S/C7H10F2N2O2/c1-11-3-4(7(12)13-2)5(10)6(8)9/h3,6,10-11H,1-2H3/p+1/b4-3+,10-5?. The van der Waals surface area contributed by atoms with Crippen LogP contribution in [0.2, 0.25) is 0 Å². The lowest BCUT2D eigenvalue weighted by molar-refractivity contribution is -0.556. The van der Waals surface area contributed by atoms with Gasteiger partial charge in [-0.15, -0.1) is 0 Å². The number of hydrogen-bond acceptors (Lipinski definition) is 3. The number of nitrogens with two attached hydrogens (primary N) is 1. The monoisotopic (exact) mass is 193 g/mol. The number of rotatable bonds is 4. The summed E-state index contributed by atoms with van der Waals surface area (Å²) in [7, 11) is 2.63. The van der Waals surface area contributed by atoms with Gasteiger partial charge in [0.15, 0.2) is 0 Å². The lowest BCUT2D eigenvalue weighted by Gasteiger charge is -2.03. The molecule has 0 unspecified atom stereocenters. The number of methoxy groups -OCH3 is 1. The molecule has 0 aliphatic heterocycles. The van der Waals surface area contributed by atoms with Crippen LogP contribution in [0.3, 0.4) is 0 Å². The first-order valence-corrected chi connectivity index (χ1v) is 3.49. The molecule has 0 aromatic carbocycles. The lowest BCUT2D eigenvalue weighted by atomic mass is 10.2. The number of halogens is 2. The zero-order chi connectivity index (χ0) is 10.4. The van der Waals surface area contributed by atoms with Crippen LogP contribution in [-0.4, -0.2) is 32.3 Å². The normalized spacial score (nSPS) is 11.6. The molecular formula is C7H11F2N2O2+. The number of carbonyl (C=O) groups excluding carboxylic acids is 1. The van der Waals surface area contributed by atoms with Gasteiger partial charge in [0, 0.05) is 0 Å². The molecule has 0 saturated carbocycles. The van der Waals surface area contributed by atoms with E-state index in [1.165, 1.54) is 5.32 Å². The van der Waals surface area contributed by atoms with Crippen LogP contribution in [0.25, 0.3) is 0 Å². The summed E-state index contributed by atoms with van der Waals surface area (Å²) in [5, 5.41) is 8.29. The Morgan fingerprint density at radius 2 is 2.15 bits per heavy atom. The summed E-state index contributed by atoms with van der Waals surface area (Å²) in [5.41, 5.74) is -1.44. The summed E-state index contributed by atoms with van der Waals surface area (Å²) in [6, 6.07) is 0. The minimum absolute atomic E-state index is 0.417. The Morgan fingerprint density at radius 1 is 1.62 bits per heavy atom. The number of nitrogens with one attached hydrogen (secondary N) is 1. The maximum atomic E-state index is 12.0. The van der Waals surface area contributed by atoms with Crippen LogP contribution in [-0.2, 0) is 9.53 Å². The van der Waals surface area contributed by atoms with Gasteiger partial charge < -0.3 is 10.1 Å². The molecule has 13 heavy (non-hydrogen) atoms. The Hall–Kier alpha value is -1.30. The topological polar surface area (TPSA) is 66.8 Å². The average Bonchev–Trinajstić information content (AvgIpc) is 2.11. The molecule has 0 amide bonds. The summed E-state index contributed by atoms with van der Waals surface area (Å²) < 4.78 is 28.3. The minimum atomic E-state index is -2.97. The van der Waals surface area contributed by atoms with Crippen LogP contribution >= 0.6 is 0 Å². The average molecular weight is 193 g/mol. The first-order valence-electron chi connectivity index (χ1n) is 3.49. The minimum Gasteiger partial charge on any atom is -0.465 e. The summed E-state index contributed by atoms with van der Waals surface area (Å²) in [6.45, 7) is 0. The second kappa shape index (κ2) is 5.36. The molecule has 0 aliphatic rings. The molecule has 0 aromatic rings. The molecule has 0 radical (unpaired) electrons. The summed E-state index contributed by atoms with van der Waals surface area (Å²) in [6.07, 6.45) is -1.84.